The highest BCUT2D eigenvalue weighted by Gasteiger charge is 2.32. The summed E-state index contributed by atoms with van der Waals surface area (Å²) in [5.41, 5.74) is 0.922. The number of amides is 1. The number of hydrogen-bond acceptors (Lipinski definition) is 4. The van der Waals surface area contributed by atoms with Crippen molar-refractivity contribution < 1.29 is 17.6 Å². The van der Waals surface area contributed by atoms with Gasteiger partial charge in [0.05, 0.1) is 11.5 Å². The van der Waals surface area contributed by atoms with Crippen molar-refractivity contribution in [2.24, 2.45) is 0 Å². The molecule has 0 spiro atoms. The van der Waals surface area contributed by atoms with E-state index in [1.807, 2.05) is 12.1 Å². The van der Waals surface area contributed by atoms with Crippen molar-refractivity contribution in [3.8, 4) is 10.4 Å². The predicted molar refractivity (Wildman–Crippen MR) is 98.6 cm³/mol. The molecule has 25 heavy (non-hydrogen) atoms. The van der Waals surface area contributed by atoms with Crippen LogP contribution in [0.4, 0.5) is 4.39 Å². The highest BCUT2D eigenvalue weighted by atomic mass is 32.2. The molecule has 0 aliphatic carbocycles. The number of nitrogens with zero attached hydrogens (tertiary/aromatic N) is 1. The van der Waals surface area contributed by atoms with Crippen molar-refractivity contribution in [2.45, 2.75) is 12.5 Å². The summed E-state index contributed by atoms with van der Waals surface area (Å²) in [5, 5.41) is 0. The lowest BCUT2D eigenvalue weighted by molar-refractivity contribution is -0.126. The van der Waals surface area contributed by atoms with Gasteiger partial charge in [0.2, 0.25) is 5.91 Å². The monoisotopic (exact) mass is 379 g/mol. The van der Waals surface area contributed by atoms with Crippen LogP contribution in [0.5, 0.6) is 0 Å². The highest BCUT2D eigenvalue weighted by molar-refractivity contribution is 7.91. The summed E-state index contributed by atoms with van der Waals surface area (Å²) in [5.74, 6) is -0.302. The van der Waals surface area contributed by atoms with Gasteiger partial charge in [-0.1, -0.05) is 12.1 Å². The zero-order valence-corrected chi connectivity index (χ0v) is 15.3. The Morgan fingerprint density at radius 3 is 2.60 bits per heavy atom. The van der Waals surface area contributed by atoms with E-state index in [1.54, 1.807) is 25.3 Å². The van der Waals surface area contributed by atoms with Crippen molar-refractivity contribution >= 4 is 33.2 Å². The van der Waals surface area contributed by atoms with Crippen LogP contribution in [0.1, 0.15) is 11.3 Å². The lowest BCUT2D eigenvalue weighted by Gasteiger charge is -2.21. The standard InChI is InChI=1S/C18H18FNO3S2/c1-20(15-10-11-25(22,23)12-15)18(21)9-7-16-6-8-17(24-16)13-2-4-14(19)5-3-13/h2-9,15H,10-12H2,1H3/b9-7+. The molecule has 3 rings (SSSR count). The van der Waals surface area contributed by atoms with Crippen LogP contribution in [0.25, 0.3) is 16.5 Å². The van der Waals surface area contributed by atoms with E-state index in [4.69, 9.17) is 0 Å². The minimum Gasteiger partial charge on any atom is -0.338 e. The smallest absolute Gasteiger partial charge is 0.246 e. The number of thiophene rings is 1. The topological polar surface area (TPSA) is 54.5 Å². The second-order valence-corrected chi connectivity index (χ2v) is 9.39. The maximum Gasteiger partial charge on any atom is 0.246 e. The summed E-state index contributed by atoms with van der Waals surface area (Å²) in [4.78, 5) is 15.6. The Labute approximate surface area is 150 Å². The first kappa shape index (κ1) is 17.8. The number of carbonyl (C=O) groups is 1. The molecule has 1 unspecified atom stereocenters. The second kappa shape index (κ2) is 7.09. The molecule has 1 aromatic heterocycles. The Kier molecular flexibility index (Phi) is 5.06. The molecule has 2 aromatic rings. The van der Waals surface area contributed by atoms with Crippen molar-refractivity contribution in [3.05, 3.63) is 53.2 Å². The first-order valence-electron chi connectivity index (χ1n) is 7.85. The van der Waals surface area contributed by atoms with Gasteiger partial charge < -0.3 is 4.90 Å². The maximum absolute atomic E-state index is 13.0. The molecule has 1 aliphatic heterocycles. The average Bonchev–Trinajstić information content (AvgIpc) is 3.19. The number of benzene rings is 1. The second-order valence-electron chi connectivity index (χ2n) is 6.05. The molecule has 0 radical (unpaired) electrons. The van der Waals surface area contributed by atoms with E-state index in [0.29, 0.717) is 6.42 Å². The molecule has 0 saturated carbocycles. The fourth-order valence-corrected chi connectivity index (χ4v) is 5.43. The van der Waals surface area contributed by atoms with Gasteiger partial charge in [-0.25, -0.2) is 12.8 Å². The van der Waals surface area contributed by atoms with Gasteiger partial charge >= 0.3 is 0 Å². The SMILES string of the molecule is CN(C(=O)/C=C/c1ccc(-c2ccc(F)cc2)s1)C1CCS(=O)(=O)C1. The summed E-state index contributed by atoms with van der Waals surface area (Å²) < 4.78 is 36.0. The van der Waals surface area contributed by atoms with Gasteiger partial charge in [-0.05, 0) is 42.3 Å². The fourth-order valence-electron chi connectivity index (χ4n) is 2.74. The van der Waals surface area contributed by atoms with Crippen LogP contribution in [-0.2, 0) is 14.6 Å². The third-order valence-electron chi connectivity index (χ3n) is 4.25. The van der Waals surface area contributed by atoms with E-state index < -0.39 is 9.84 Å². The van der Waals surface area contributed by atoms with Crippen LogP contribution in [0.2, 0.25) is 0 Å². The highest BCUT2D eigenvalue weighted by Crippen LogP contribution is 2.29. The quantitative estimate of drug-likeness (QED) is 0.767. The molecular formula is C18H18FNO3S2. The minimum atomic E-state index is -3.01. The number of rotatable bonds is 4. The number of carbonyl (C=O) groups excluding carboxylic acids is 1. The number of likely N-dealkylation sites (N-methyl/N-ethyl adjacent to an activating group) is 1. The van der Waals surface area contributed by atoms with E-state index in [9.17, 15) is 17.6 Å². The lowest BCUT2D eigenvalue weighted by atomic mass is 10.2. The van der Waals surface area contributed by atoms with Gasteiger partial charge in [-0.3, -0.25) is 4.79 Å². The molecular weight excluding hydrogens is 361 g/mol. The Balaban J connectivity index is 1.66. The molecule has 1 amide bonds. The Morgan fingerprint density at radius 1 is 1.24 bits per heavy atom. The van der Waals surface area contributed by atoms with Gasteiger partial charge in [0.15, 0.2) is 9.84 Å². The summed E-state index contributed by atoms with van der Waals surface area (Å²) in [6, 6.07) is 9.84. The number of halogens is 1. The van der Waals surface area contributed by atoms with Crippen molar-refractivity contribution in [1.29, 1.82) is 0 Å². The summed E-state index contributed by atoms with van der Waals surface area (Å²) in [6.45, 7) is 0. The molecule has 7 heteroatoms. The largest absolute Gasteiger partial charge is 0.338 e. The molecule has 1 saturated heterocycles. The Morgan fingerprint density at radius 2 is 1.96 bits per heavy atom. The zero-order chi connectivity index (χ0) is 18.0. The molecule has 1 aliphatic rings. The number of hydrogen-bond donors (Lipinski definition) is 0. The third kappa shape index (κ3) is 4.35. The summed E-state index contributed by atoms with van der Waals surface area (Å²) >= 11 is 1.50. The summed E-state index contributed by atoms with van der Waals surface area (Å²) in [6.07, 6.45) is 3.68. The van der Waals surface area contributed by atoms with Gasteiger partial charge in [0.25, 0.3) is 0 Å². The van der Waals surface area contributed by atoms with Gasteiger partial charge in [-0.15, -0.1) is 11.3 Å². The van der Waals surface area contributed by atoms with E-state index in [1.165, 1.54) is 34.4 Å². The fraction of sp³-hybridized carbons (Fsp3) is 0.278. The van der Waals surface area contributed by atoms with Crippen LogP contribution >= 0.6 is 11.3 Å². The van der Waals surface area contributed by atoms with Crippen molar-refractivity contribution in [2.75, 3.05) is 18.6 Å². The van der Waals surface area contributed by atoms with Crippen LogP contribution in [-0.4, -0.2) is 43.8 Å². The molecule has 1 atom stereocenters. The molecule has 132 valence electrons. The first-order valence-corrected chi connectivity index (χ1v) is 10.5. The van der Waals surface area contributed by atoms with Crippen molar-refractivity contribution in [3.63, 3.8) is 0 Å². The van der Waals surface area contributed by atoms with E-state index >= 15 is 0 Å². The Hall–Kier alpha value is -1.99. The van der Waals surface area contributed by atoms with Gasteiger partial charge in [-0.2, -0.15) is 0 Å². The van der Waals surface area contributed by atoms with Crippen LogP contribution in [0.15, 0.2) is 42.5 Å². The van der Waals surface area contributed by atoms with Crippen LogP contribution in [0.3, 0.4) is 0 Å². The van der Waals surface area contributed by atoms with E-state index in [-0.39, 0.29) is 29.3 Å². The molecule has 2 heterocycles. The van der Waals surface area contributed by atoms with Crippen LogP contribution < -0.4 is 0 Å². The average molecular weight is 379 g/mol. The summed E-state index contributed by atoms with van der Waals surface area (Å²) in [7, 11) is -1.38. The van der Waals surface area contributed by atoms with E-state index in [0.717, 1.165) is 15.3 Å². The molecule has 0 N–H and O–H groups in total. The molecule has 1 aromatic carbocycles. The number of sulfone groups is 1. The third-order valence-corrected chi connectivity index (χ3v) is 7.10. The lowest BCUT2D eigenvalue weighted by Crippen LogP contribution is -2.36. The van der Waals surface area contributed by atoms with Gasteiger partial charge in [0.1, 0.15) is 5.82 Å². The molecule has 4 nitrogen and oxygen atoms in total. The Bertz CT molecular complexity index is 901. The normalized spacial score (nSPS) is 19.4. The van der Waals surface area contributed by atoms with E-state index in [2.05, 4.69) is 0 Å². The van der Waals surface area contributed by atoms with Gasteiger partial charge in [0, 0.05) is 28.9 Å². The molecule has 0 bridgehead atoms. The molecule has 1 fully saturated rings. The maximum atomic E-state index is 13.0. The minimum absolute atomic E-state index is 0.0385. The first-order chi connectivity index (χ1) is 11.8. The van der Waals surface area contributed by atoms with Crippen LogP contribution in [0, 0.1) is 5.82 Å². The zero-order valence-electron chi connectivity index (χ0n) is 13.7. The predicted octanol–water partition coefficient (Wildman–Crippen LogP) is 3.21. The van der Waals surface area contributed by atoms with Crippen molar-refractivity contribution in [1.82, 2.24) is 4.90 Å².